The van der Waals surface area contributed by atoms with Crippen LogP contribution >= 0.6 is 0 Å². The zero-order chi connectivity index (χ0) is 45.5. The third kappa shape index (κ3) is 10.00. The number of rotatable bonds is 0. The van der Waals surface area contributed by atoms with E-state index in [1.54, 1.807) is 0 Å². The summed E-state index contributed by atoms with van der Waals surface area (Å²) in [7, 11) is 0. The summed E-state index contributed by atoms with van der Waals surface area (Å²) in [5, 5.41) is 0. The maximum atomic E-state index is 5.05. The fraction of sp³-hybridized carbons (Fsp3) is 0.138. The van der Waals surface area contributed by atoms with Gasteiger partial charge in [-0.25, -0.2) is 9.97 Å². The Morgan fingerprint density at radius 1 is 0.147 bits per heavy atom. The van der Waals surface area contributed by atoms with Gasteiger partial charge >= 0.3 is 0 Å². The van der Waals surface area contributed by atoms with E-state index >= 15 is 0 Å². The smallest absolute Gasteiger partial charge is 0.0894 e. The van der Waals surface area contributed by atoms with Crippen molar-refractivity contribution < 1.29 is 0 Å². The van der Waals surface area contributed by atoms with Gasteiger partial charge in [-0.3, -0.25) is 39.9 Å². The highest BCUT2D eigenvalue weighted by Gasteiger charge is 2.13. The molecule has 0 N–H and O–H groups in total. The van der Waals surface area contributed by atoms with Crippen LogP contribution in [0.4, 0.5) is 0 Å². The zero-order valence-electron chi connectivity index (χ0n) is 37.4. The molecule has 11 rings (SSSR count). The zero-order valence-corrected chi connectivity index (χ0v) is 37.4. The van der Waals surface area contributed by atoms with Crippen LogP contribution in [0.15, 0.2) is 182 Å². The first kappa shape index (κ1) is 42.2. The Morgan fingerprint density at radius 2 is 0.265 bits per heavy atom. The molecule has 10 aromatic rings. The number of pyridine rings is 10. The van der Waals surface area contributed by atoms with E-state index in [4.69, 9.17) is 49.8 Å². The van der Waals surface area contributed by atoms with E-state index in [2.05, 4.69) is 97.1 Å². The van der Waals surface area contributed by atoms with E-state index in [0.717, 1.165) is 165 Å². The second-order valence-corrected chi connectivity index (χ2v) is 16.9. The van der Waals surface area contributed by atoms with E-state index in [1.807, 2.05) is 84.9 Å². The summed E-state index contributed by atoms with van der Waals surface area (Å²) in [6.07, 6.45) is 5.88. The Balaban J connectivity index is 0.892. The van der Waals surface area contributed by atoms with E-state index in [9.17, 15) is 0 Å². The van der Waals surface area contributed by atoms with Crippen LogP contribution < -0.4 is 0 Å². The third-order valence-electron chi connectivity index (χ3n) is 12.1. The van der Waals surface area contributed by atoms with Gasteiger partial charge in [0.1, 0.15) is 0 Å². The van der Waals surface area contributed by atoms with Gasteiger partial charge in [-0.05, 0) is 173 Å². The summed E-state index contributed by atoms with van der Waals surface area (Å²) in [4.78, 5) is 50.5. The molecular formula is C58H46N10. The summed E-state index contributed by atoms with van der Waals surface area (Å²) in [5.74, 6) is 0. The Kier molecular flexibility index (Phi) is 12.1. The second-order valence-electron chi connectivity index (χ2n) is 16.9. The first-order valence-electron chi connectivity index (χ1n) is 23.2. The van der Waals surface area contributed by atoms with Crippen LogP contribution in [0, 0.1) is 0 Å². The van der Waals surface area contributed by atoms with Gasteiger partial charge in [0.2, 0.25) is 0 Å². The van der Waals surface area contributed by atoms with Crippen molar-refractivity contribution in [3.05, 3.63) is 228 Å². The lowest BCUT2D eigenvalue weighted by atomic mass is 10.1. The lowest BCUT2D eigenvalue weighted by Crippen LogP contribution is -2.02. The number of hydrogen-bond donors (Lipinski definition) is 0. The van der Waals surface area contributed by atoms with Crippen molar-refractivity contribution in [1.29, 1.82) is 0 Å². The van der Waals surface area contributed by atoms with E-state index in [0.29, 0.717) is 0 Å². The van der Waals surface area contributed by atoms with Gasteiger partial charge in [-0.2, -0.15) is 0 Å². The fourth-order valence-electron chi connectivity index (χ4n) is 8.56. The molecule has 10 nitrogen and oxygen atoms in total. The molecule has 0 aromatic carbocycles. The predicted molar refractivity (Wildman–Crippen MR) is 266 cm³/mol. The SMILES string of the molecule is c1cc2nc(c1)-c1cccc(n1)CCc1cccc(n1)-c1cccc(n1)-c1cccc(n1)CCc1cccc(n1)-c1cccc(n1)CCc1cccc(n1)-c1cccc(n1)-c1cccc(n1)CC2. The topological polar surface area (TPSA) is 129 Å². The van der Waals surface area contributed by atoms with Crippen molar-refractivity contribution in [2.24, 2.45) is 0 Å². The lowest BCUT2D eigenvalue weighted by Gasteiger charge is -2.09. The van der Waals surface area contributed by atoms with Crippen molar-refractivity contribution in [3.63, 3.8) is 0 Å². The summed E-state index contributed by atoms with van der Waals surface area (Å²) in [6.45, 7) is 0. The van der Waals surface area contributed by atoms with Gasteiger partial charge < -0.3 is 0 Å². The summed E-state index contributed by atoms with van der Waals surface area (Å²) >= 11 is 0. The molecule has 0 saturated carbocycles. The van der Waals surface area contributed by atoms with Crippen LogP contribution in [0.2, 0.25) is 0 Å². The molecule has 0 unspecified atom stereocenters. The molecule has 0 aliphatic carbocycles. The molecule has 68 heavy (non-hydrogen) atoms. The van der Waals surface area contributed by atoms with Crippen molar-refractivity contribution in [2.75, 3.05) is 0 Å². The average molecular weight is 883 g/mol. The Morgan fingerprint density at radius 3 is 0.412 bits per heavy atom. The van der Waals surface area contributed by atoms with E-state index in [1.165, 1.54) is 0 Å². The normalized spacial score (nSPS) is 12.8. The summed E-state index contributed by atoms with van der Waals surface area (Å²) < 4.78 is 0. The molecule has 20 bridgehead atoms. The van der Waals surface area contributed by atoms with Crippen LogP contribution in [0.5, 0.6) is 0 Å². The minimum atomic E-state index is 0.734. The third-order valence-corrected chi connectivity index (χ3v) is 12.1. The van der Waals surface area contributed by atoms with Crippen LogP contribution in [-0.2, 0) is 51.4 Å². The largest absolute Gasteiger partial charge is 0.251 e. The Hall–Kier alpha value is -8.50. The Labute approximate surface area is 395 Å². The minimum Gasteiger partial charge on any atom is -0.251 e. The van der Waals surface area contributed by atoms with Crippen molar-refractivity contribution >= 4 is 0 Å². The highest BCUT2D eigenvalue weighted by Crippen LogP contribution is 2.25. The molecule has 10 aromatic heterocycles. The van der Waals surface area contributed by atoms with Gasteiger partial charge in [0.25, 0.3) is 0 Å². The van der Waals surface area contributed by atoms with E-state index in [-0.39, 0.29) is 0 Å². The summed E-state index contributed by atoms with van der Waals surface area (Å²) in [5.41, 5.74) is 17.7. The Bertz CT molecular complexity index is 2960. The fourth-order valence-corrected chi connectivity index (χ4v) is 8.56. The predicted octanol–water partition coefficient (Wildman–Crippen LogP) is 11.1. The number of hydrogen-bond acceptors (Lipinski definition) is 10. The molecule has 0 radical (unpaired) electrons. The van der Waals surface area contributed by atoms with Crippen molar-refractivity contribution in [1.82, 2.24) is 49.8 Å². The molecule has 0 saturated heterocycles. The average Bonchev–Trinajstić information content (AvgIpc) is 3.41. The molecule has 0 spiro atoms. The van der Waals surface area contributed by atoms with Gasteiger partial charge in [0, 0.05) is 45.6 Å². The maximum absolute atomic E-state index is 5.05. The highest BCUT2D eigenvalue weighted by molar-refractivity contribution is 5.63. The molecular weight excluding hydrogens is 837 g/mol. The quantitative estimate of drug-likeness (QED) is 0.145. The number of fused-ring (bicyclic) bond motifs is 26. The number of aromatic nitrogens is 10. The minimum absolute atomic E-state index is 0.734. The van der Waals surface area contributed by atoms with E-state index < -0.39 is 0 Å². The second kappa shape index (κ2) is 19.5. The van der Waals surface area contributed by atoms with Crippen molar-refractivity contribution in [2.45, 2.75) is 51.4 Å². The number of aryl methyl sites for hydroxylation is 8. The molecule has 0 amide bonds. The molecule has 328 valence electrons. The summed E-state index contributed by atoms with van der Waals surface area (Å²) in [6, 6.07) is 61.3. The molecule has 11 heterocycles. The molecule has 10 heteroatoms. The molecule has 0 fully saturated rings. The molecule has 0 atom stereocenters. The number of nitrogens with zero attached hydrogens (tertiary/aromatic N) is 10. The van der Waals surface area contributed by atoms with Crippen molar-refractivity contribution in [3.8, 4) is 68.3 Å². The monoisotopic (exact) mass is 882 g/mol. The van der Waals surface area contributed by atoms with Crippen LogP contribution in [0.25, 0.3) is 68.3 Å². The molecule has 1 aliphatic rings. The maximum Gasteiger partial charge on any atom is 0.0894 e. The van der Waals surface area contributed by atoms with Gasteiger partial charge in [-0.15, -0.1) is 0 Å². The first-order valence-corrected chi connectivity index (χ1v) is 23.2. The van der Waals surface area contributed by atoms with Gasteiger partial charge in [0.05, 0.1) is 68.3 Å². The van der Waals surface area contributed by atoms with Gasteiger partial charge in [0.15, 0.2) is 0 Å². The van der Waals surface area contributed by atoms with Gasteiger partial charge in [-0.1, -0.05) is 60.7 Å². The highest BCUT2D eigenvalue weighted by atomic mass is 14.9. The lowest BCUT2D eigenvalue weighted by molar-refractivity contribution is 0.873. The molecule has 1 aliphatic heterocycles. The van der Waals surface area contributed by atoms with Crippen LogP contribution in [0.1, 0.15) is 45.6 Å². The standard InChI is InChI=1S/C58H46N10/c1-11-39-31-35-43-15-5-23-51(63-43)55-27-9-28-56(67-55)53-25-7-17-45(65-53)37-33-41-13-3-21-49(61-41)50-22-4-14-42(62-50)34-38-46-18-8-26-54(66-46)58-30-10-29-57(68-58)52-24-6-16-44(64-52)36-32-40-12-2-20-48(60-40)47(19-1)59-39/h1-30H,31-38H2. The first-order chi connectivity index (χ1) is 33.6. The van der Waals surface area contributed by atoms with Crippen LogP contribution in [-0.4, -0.2) is 49.8 Å². The van der Waals surface area contributed by atoms with Crippen LogP contribution in [0.3, 0.4) is 0 Å².